The van der Waals surface area contributed by atoms with E-state index in [-0.39, 0.29) is 5.82 Å². The van der Waals surface area contributed by atoms with Crippen molar-refractivity contribution in [3.8, 4) is 0 Å². The molecular formula is C12H18FN3. The average molecular weight is 223 g/mol. The zero-order valence-electron chi connectivity index (χ0n) is 9.62. The first-order chi connectivity index (χ1) is 7.79. The molecule has 88 valence electrons. The van der Waals surface area contributed by atoms with E-state index in [1.807, 2.05) is 7.05 Å². The molecule has 1 aromatic heterocycles. The molecule has 0 aromatic carbocycles. The van der Waals surface area contributed by atoms with Crippen molar-refractivity contribution in [1.29, 1.82) is 0 Å². The van der Waals surface area contributed by atoms with Crippen molar-refractivity contribution >= 4 is 0 Å². The summed E-state index contributed by atoms with van der Waals surface area (Å²) in [5, 5.41) is 2.20. The maximum absolute atomic E-state index is 13.1. The van der Waals surface area contributed by atoms with Crippen LogP contribution in [0.15, 0.2) is 18.5 Å². The van der Waals surface area contributed by atoms with Crippen LogP contribution in [0.1, 0.15) is 30.7 Å². The van der Waals surface area contributed by atoms with Gasteiger partial charge >= 0.3 is 0 Å². The minimum atomic E-state index is -0.238. The number of pyridine rings is 1. The first kappa shape index (κ1) is 11.5. The van der Waals surface area contributed by atoms with Crippen molar-refractivity contribution in [2.24, 2.45) is 0 Å². The molecule has 0 amide bonds. The van der Waals surface area contributed by atoms with Gasteiger partial charge in [0.1, 0.15) is 5.82 Å². The second-order valence-electron chi connectivity index (χ2n) is 4.30. The van der Waals surface area contributed by atoms with Crippen LogP contribution in [-0.4, -0.2) is 30.1 Å². The first-order valence-corrected chi connectivity index (χ1v) is 5.82. The zero-order valence-corrected chi connectivity index (χ0v) is 9.62. The number of nitrogens with zero attached hydrogens (tertiary/aromatic N) is 2. The molecule has 1 N–H and O–H groups in total. The smallest absolute Gasteiger partial charge is 0.141 e. The number of hydrogen-bond donors (Lipinski definition) is 1. The Morgan fingerprint density at radius 2 is 2.31 bits per heavy atom. The highest BCUT2D eigenvalue weighted by atomic mass is 19.1. The van der Waals surface area contributed by atoms with E-state index < -0.39 is 0 Å². The summed E-state index contributed by atoms with van der Waals surface area (Å²) in [5.41, 5.74) is 4.19. The lowest BCUT2D eigenvalue weighted by molar-refractivity contribution is 0.207. The Labute approximate surface area is 95.6 Å². The van der Waals surface area contributed by atoms with Gasteiger partial charge in [-0.2, -0.15) is 0 Å². The Morgan fingerprint density at radius 1 is 1.44 bits per heavy atom. The fourth-order valence-corrected chi connectivity index (χ4v) is 2.27. The van der Waals surface area contributed by atoms with Crippen LogP contribution in [0.3, 0.4) is 0 Å². The topological polar surface area (TPSA) is 28.2 Å². The fourth-order valence-electron chi connectivity index (χ4n) is 2.27. The van der Waals surface area contributed by atoms with Crippen LogP contribution in [0.25, 0.3) is 0 Å². The third-order valence-corrected chi connectivity index (χ3v) is 3.19. The van der Waals surface area contributed by atoms with Gasteiger partial charge < -0.3 is 0 Å². The Kier molecular flexibility index (Phi) is 3.85. The molecule has 1 aromatic rings. The van der Waals surface area contributed by atoms with E-state index in [1.165, 1.54) is 19.0 Å². The highest BCUT2D eigenvalue weighted by molar-refractivity contribution is 5.16. The van der Waals surface area contributed by atoms with Crippen LogP contribution in [-0.2, 0) is 0 Å². The Bertz CT molecular complexity index is 343. The molecule has 2 rings (SSSR count). The van der Waals surface area contributed by atoms with E-state index in [0.29, 0.717) is 5.92 Å². The van der Waals surface area contributed by atoms with Gasteiger partial charge in [-0.05, 0) is 37.4 Å². The summed E-state index contributed by atoms with van der Waals surface area (Å²) in [4.78, 5) is 3.93. The highest BCUT2D eigenvalue weighted by Gasteiger charge is 2.19. The van der Waals surface area contributed by atoms with Crippen molar-refractivity contribution in [3.05, 3.63) is 29.8 Å². The molecule has 16 heavy (non-hydrogen) atoms. The van der Waals surface area contributed by atoms with E-state index in [2.05, 4.69) is 15.4 Å². The van der Waals surface area contributed by atoms with Gasteiger partial charge in [0.2, 0.25) is 0 Å². The van der Waals surface area contributed by atoms with E-state index in [4.69, 9.17) is 0 Å². The van der Waals surface area contributed by atoms with Crippen molar-refractivity contribution in [2.75, 3.05) is 20.1 Å². The van der Waals surface area contributed by atoms with Gasteiger partial charge in [-0.25, -0.2) is 9.40 Å². The molecule has 0 radical (unpaired) electrons. The van der Waals surface area contributed by atoms with Crippen LogP contribution in [0.5, 0.6) is 0 Å². The predicted octanol–water partition coefficient (Wildman–Crippen LogP) is 1.92. The minimum Gasteiger partial charge on any atom is -0.261 e. The number of aromatic nitrogens is 1. The van der Waals surface area contributed by atoms with E-state index in [9.17, 15) is 4.39 Å². The third kappa shape index (κ3) is 2.77. The highest BCUT2D eigenvalue weighted by Crippen LogP contribution is 2.25. The maximum Gasteiger partial charge on any atom is 0.141 e. The molecule has 2 heterocycles. The predicted molar refractivity (Wildman–Crippen MR) is 61.4 cm³/mol. The molecule has 0 aliphatic carbocycles. The standard InChI is InChI=1S/C12H18FN3/c1-14-16-5-3-2-4-10(9-16)11-6-12(13)8-15-7-11/h6-8,10,14H,2-5,9H2,1H3/t10-/m1/s1. The summed E-state index contributed by atoms with van der Waals surface area (Å²) in [6.45, 7) is 2.00. The van der Waals surface area contributed by atoms with E-state index in [0.717, 1.165) is 25.1 Å². The molecule has 3 nitrogen and oxygen atoms in total. The molecule has 0 unspecified atom stereocenters. The Balaban J connectivity index is 2.12. The third-order valence-electron chi connectivity index (χ3n) is 3.19. The lowest BCUT2D eigenvalue weighted by Crippen LogP contribution is -2.37. The number of nitrogens with one attached hydrogen (secondary N) is 1. The monoisotopic (exact) mass is 223 g/mol. The molecular weight excluding hydrogens is 205 g/mol. The number of rotatable bonds is 2. The number of hydrogen-bond acceptors (Lipinski definition) is 3. The molecule has 1 aliphatic heterocycles. The Morgan fingerprint density at radius 3 is 3.06 bits per heavy atom. The Hall–Kier alpha value is -1.00. The fraction of sp³-hybridized carbons (Fsp3) is 0.583. The van der Waals surface area contributed by atoms with Gasteiger partial charge in [0, 0.05) is 19.3 Å². The van der Waals surface area contributed by atoms with E-state index >= 15 is 0 Å². The lowest BCUT2D eigenvalue weighted by Gasteiger charge is -2.23. The zero-order chi connectivity index (χ0) is 11.4. The van der Waals surface area contributed by atoms with Gasteiger partial charge in [0.05, 0.1) is 6.20 Å². The van der Waals surface area contributed by atoms with Crippen LogP contribution in [0.4, 0.5) is 4.39 Å². The van der Waals surface area contributed by atoms with Crippen LogP contribution in [0.2, 0.25) is 0 Å². The summed E-state index contributed by atoms with van der Waals surface area (Å²) >= 11 is 0. The van der Waals surface area contributed by atoms with Crippen molar-refractivity contribution in [1.82, 2.24) is 15.4 Å². The molecule has 0 spiro atoms. The van der Waals surface area contributed by atoms with Gasteiger partial charge in [0.15, 0.2) is 0 Å². The normalized spacial score (nSPS) is 23.0. The summed E-state index contributed by atoms with van der Waals surface area (Å²) in [6.07, 6.45) is 6.55. The number of halogens is 1. The average Bonchev–Trinajstić information content (AvgIpc) is 2.54. The SMILES string of the molecule is CNN1CCCC[C@@H](c2cncc(F)c2)C1. The number of hydrazine groups is 1. The van der Waals surface area contributed by atoms with Crippen LogP contribution < -0.4 is 5.43 Å². The maximum atomic E-state index is 13.1. The molecule has 1 fully saturated rings. The summed E-state index contributed by atoms with van der Waals surface area (Å²) in [6, 6.07) is 1.61. The second-order valence-corrected chi connectivity index (χ2v) is 4.30. The molecule has 0 saturated carbocycles. The van der Waals surface area contributed by atoms with Crippen LogP contribution >= 0.6 is 0 Å². The molecule has 1 saturated heterocycles. The minimum absolute atomic E-state index is 0.238. The van der Waals surface area contributed by atoms with Gasteiger partial charge in [-0.1, -0.05) is 6.42 Å². The first-order valence-electron chi connectivity index (χ1n) is 5.82. The lowest BCUT2D eigenvalue weighted by atomic mass is 9.96. The van der Waals surface area contributed by atoms with Gasteiger partial charge in [0.25, 0.3) is 0 Å². The summed E-state index contributed by atoms with van der Waals surface area (Å²) in [7, 11) is 1.94. The molecule has 4 heteroatoms. The van der Waals surface area contributed by atoms with Crippen molar-refractivity contribution in [3.63, 3.8) is 0 Å². The molecule has 1 atom stereocenters. The molecule has 0 bridgehead atoms. The quantitative estimate of drug-likeness (QED) is 0.830. The molecule has 1 aliphatic rings. The second kappa shape index (κ2) is 5.37. The largest absolute Gasteiger partial charge is 0.261 e. The van der Waals surface area contributed by atoms with Gasteiger partial charge in [-0.15, -0.1) is 0 Å². The summed E-state index contributed by atoms with van der Waals surface area (Å²) in [5.74, 6) is 0.149. The van der Waals surface area contributed by atoms with Gasteiger partial charge in [-0.3, -0.25) is 10.4 Å². The van der Waals surface area contributed by atoms with Crippen LogP contribution in [0, 0.1) is 5.82 Å². The van der Waals surface area contributed by atoms with E-state index in [1.54, 1.807) is 12.3 Å². The van der Waals surface area contributed by atoms with Crippen molar-refractivity contribution in [2.45, 2.75) is 25.2 Å². The summed E-state index contributed by atoms with van der Waals surface area (Å²) < 4.78 is 13.1. The van der Waals surface area contributed by atoms with Crippen molar-refractivity contribution < 1.29 is 4.39 Å².